The van der Waals surface area contributed by atoms with E-state index >= 15 is 0 Å². The summed E-state index contributed by atoms with van der Waals surface area (Å²) < 4.78 is 1.44. The highest BCUT2D eigenvalue weighted by Crippen LogP contribution is 2.24. The van der Waals surface area contributed by atoms with E-state index in [1.165, 1.54) is 4.57 Å². The minimum Gasteiger partial charge on any atom is -0.293 e. The van der Waals surface area contributed by atoms with Crippen LogP contribution in [-0.2, 0) is 6.54 Å². The quantitative estimate of drug-likeness (QED) is 0.650. The molecule has 0 aromatic carbocycles. The van der Waals surface area contributed by atoms with Crippen LogP contribution in [0.5, 0.6) is 0 Å². The molecule has 0 spiro atoms. The molecular formula is C6H3Cl3N2. The van der Waals surface area contributed by atoms with Crippen LogP contribution in [0.25, 0.3) is 0 Å². The minimum absolute atomic E-state index is 0.173. The molecule has 0 unspecified atom stereocenters. The molecule has 1 aromatic heterocycles. The first-order chi connectivity index (χ1) is 5.16. The van der Waals surface area contributed by atoms with Gasteiger partial charge >= 0.3 is 0 Å². The molecule has 1 rings (SSSR count). The van der Waals surface area contributed by atoms with Crippen molar-refractivity contribution < 1.29 is 0 Å². The van der Waals surface area contributed by atoms with Gasteiger partial charge in [-0.1, -0.05) is 29.1 Å². The van der Waals surface area contributed by atoms with E-state index in [2.05, 4.69) is 10.9 Å². The smallest absolute Gasteiger partial charge is 0.206 e. The maximum absolute atomic E-state index is 5.68. The lowest BCUT2D eigenvalue weighted by Crippen LogP contribution is -1.94. The highest BCUT2D eigenvalue weighted by Gasteiger charge is 2.10. The number of imidazole rings is 1. The van der Waals surface area contributed by atoms with Gasteiger partial charge < -0.3 is 0 Å². The summed E-state index contributed by atoms with van der Waals surface area (Å²) in [6.45, 7) is 0.275. The van der Waals surface area contributed by atoms with E-state index in [1.54, 1.807) is 0 Å². The van der Waals surface area contributed by atoms with Gasteiger partial charge in [-0.05, 0) is 11.6 Å². The second-order valence-electron chi connectivity index (χ2n) is 1.75. The fraction of sp³-hybridized carbons (Fsp3) is 0.167. The van der Waals surface area contributed by atoms with Gasteiger partial charge in [0.2, 0.25) is 5.28 Å². The van der Waals surface area contributed by atoms with E-state index < -0.39 is 0 Å². The fourth-order valence-corrected chi connectivity index (χ4v) is 1.29. The molecule has 2 nitrogen and oxygen atoms in total. The molecule has 58 valence electrons. The third-order valence-electron chi connectivity index (χ3n) is 1.07. The summed E-state index contributed by atoms with van der Waals surface area (Å²) in [7, 11) is 0. The van der Waals surface area contributed by atoms with Crippen LogP contribution in [0.1, 0.15) is 0 Å². The van der Waals surface area contributed by atoms with Gasteiger partial charge in [0, 0.05) is 0 Å². The summed E-state index contributed by atoms with van der Waals surface area (Å²) in [5.74, 6) is 2.37. The molecule has 1 heterocycles. The fourth-order valence-electron chi connectivity index (χ4n) is 0.606. The van der Waals surface area contributed by atoms with Crippen molar-refractivity contribution in [2.45, 2.75) is 6.54 Å². The summed E-state index contributed by atoms with van der Waals surface area (Å²) in [6.07, 6.45) is 5.05. The zero-order valence-corrected chi connectivity index (χ0v) is 7.58. The number of nitrogens with zero attached hydrogens (tertiary/aromatic N) is 2. The molecule has 0 atom stereocenters. The van der Waals surface area contributed by atoms with E-state index in [9.17, 15) is 0 Å². The predicted molar refractivity (Wildman–Crippen MR) is 46.1 cm³/mol. The van der Waals surface area contributed by atoms with E-state index in [0.717, 1.165) is 0 Å². The van der Waals surface area contributed by atoms with Gasteiger partial charge in [-0.15, -0.1) is 6.42 Å². The van der Waals surface area contributed by atoms with Crippen LogP contribution < -0.4 is 0 Å². The van der Waals surface area contributed by atoms with Gasteiger partial charge in [0.05, 0.1) is 6.54 Å². The Morgan fingerprint density at radius 1 is 1.45 bits per heavy atom. The third kappa shape index (κ3) is 1.62. The number of hydrogen-bond acceptors (Lipinski definition) is 1. The average Bonchev–Trinajstić information content (AvgIpc) is 2.17. The first-order valence-corrected chi connectivity index (χ1v) is 3.80. The summed E-state index contributed by atoms with van der Waals surface area (Å²) in [5.41, 5.74) is 0. The van der Waals surface area contributed by atoms with E-state index in [0.29, 0.717) is 0 Å². The number of aromatic nitrogens is 2. The molecular weight excluding hydrogens is 206 g/mol. The molecule has 0 aliphatic heterocycles. The monoisotopic (exact) mass is 208 g/mol. The summed E-state index contributed by atoms with van der Waals surface area (Å²) >= 11 is 16.9. The molecule has 0 N–H and O–H groups in total. The van der Waals surface area contributed by atoms with Crippen LogP contribution in [-0.4, -0.2) is 9.55 Å². The molecule has 0 amide bonds. The van der Waals surface area contributed by atoms with Crippen molar-refractivity contribution in [1.82, 2.24) is 9.55 Å². The Morgan fingerprint density at radius 3 is 2.45 bits per heavy atom. The molecule has 0 aliphatic carbocycles. The van der Waals surface area contributed by atoms with Gasteiger partial charge in [-0.25, -0.2) is 4.98 Å². The lowest BCUT2D eigenvalue weighted by molar-refractivity contribution is 0.842. The average molecular weight is 209 g/mol. The van der Waals surface area contributed by atoms with E-state index in [-0.39, 0.29) is 22.1 Å². The maximum atomic E-state index is 5.68. The molecule has 0 aliphatic rings. The van der Waals surface area contributed by atoms with Gasteiger partial charge in [0.15, 0.2) is 5.15 Å². The van der Waals surface area contributed by atoms with Gasteiger partial charge in [0.1, 0.15) is 5.15 Å². The second kappa shape index (κ2) is 3.36. The Balaban J connectivity index is 3.14. The molecule has 1 aromatic rings. The maximum Gasteiger partial charge on any atom is 0.206 e. The highest BCUT2D eigenvalue weighted by atomic mass is 35.5. The zero-order chi connectivity index (χ0) is 8.43. The van der Waals surface area contributed by atoms with Crippen molar-refractivity contribution in [2.75, 3.05) is 0 Å². The number of terminal acetylenes is 1. The topological polar surface area (TPSA) is 17.8 Å². The molecule has 0 bridgehead atoms. The summed E-state index contributed by atoms with van der Waals surface area (Å²) in [6, 6.07) is 0. The van der Waals surface area contributed by atoms with E-state index in [4.69, 9.17) is 41.2 Å². The minimum atomic E-state index is 0.173. The van der Waals surface area contributed by atoms with Crippen LogP contribution in [0, 0.1) is 12.3 Å². The molecule has 0 radical (unpaired) electrons. The third-order valence-corrected chi connectivity index (χ3v) is 2.10. The molecule has 0 saturated carbocycles. The normalized spacial score (nSPS) is 9.64. The van der Waals surface area contributed by atoms with Crippen molar-refractivity contribution in [1.29, 1.82) is 0 Å². The number of hydrogen-bond donors (Lipinski definition) is 0. The second-order valence-corrected chi connectivity index (χ2v) is 2.81. The van der Waals surface area contributed by atoms with Crippen molar-refractivity contribution in [2.24, 2.45) is 0 Å². The van der Waals surface area contributed by atoms with Crippen LogP contribution >= 0.6 is 34.8 Å². The Morgan fingerprint density at radius 2 is 2.09 bits per heavy atom. The number of rotatable bonds is 1. The summed E-state index contributed by atoms with van der Waals surface area (Å²) in [4.78, 5) is 3.70. The van der Waals surface area contributed by atoms with Crippen molar-refractivity contribution in [3.63, 3.8) is 0 Å². The number of halogens is 3. The van der Waals surface area contributed by atoms with Crippen molar-refractivity contribution >= 4 is 34.8 Å². The van der Waals surface area contributed by atoms with Gasteiger partial charge in [0.25, 0.3) is 0 Å². The van der Waals surface area contributed by atoms with Crippen molar-refractivity contribution in [3.8, 4) is 12.3 Å². The van der Waals surface area contributed by atoms with Crippen LogP contribution in [0.15, 0.2) is 0 Å². The van der Waals surface area contributed by atoms with Crippen LogP contribution in [0.2, 0.25) is 15.6 Å². The summed E-state index contributed by atoms with van der Waals surface area (Å²) in [5, 5.41) is 0.652. The Bertz CT molecular complexity index is 310. The van der Waals surface area contributed by atoms with Crippen molar-refractivity contribution in [3.05, 3.63) is 15.6 Å². The zero-order valence-electron chi connectivity index (χ0n) is 5.31. The predicted octanol–water partition coefficient (Wildman–Crippen LogP) is 2.48. The highest BCUT2D eigenvalue weighted by molar-refractivity contribution is 6.41. The Hall–Kier alpha value is -0.360. The lowest BCUT2D eigenvalue weighted by atomic mass is 10.6. The first-order valence-electron chi connectivity index (χ1n) is 2.67. The SMILES string of the molecule is C#CCn1c(Cl)nc(Cl)c1Cl. The van der Waals surface area contributed by atoms with Gasteiger partial charge in [-0.3, -0.25) is 4.57 Å². The molecule has 0 fully saturated rings. The lowest BCUT2D eigenvalue weighted by Gasteiger charge is -1.96. The Kier molecular flexibility index (Phi) is 2.67. The standard InChI is InChI=1S/C6H3Cl3N2/c1-2-3-11-5(8)4(7)10-6(11)9/h1H,3H2. The molecule has 0 saturated heterocycles. The molecule has 11 heavy (non-hydrogen) atoms. The largest absolute Gasteiger partial charge is 0.293 e. The first kappa shape index (κ1) is 8.73. The molecule has 5 heteroatoms. The van der Waals surface area contributed by atoms with Crippen LogP contribution in [0.4, 0.5) is 0 Å². The van der Waals surface area contributed by atoms with Crippen LogP contribution in [0.3, 0.4) is 0 Å². The Labute approximate surface area is 79.1 Å². The van der Waals surface area contributed by atoms with Gasteiger partial charge in [-0.2, -0.15) is 0 Å². The van der Waals surface area contributed by atoms with E-state index in [1.807, 2.05) is 0 Å².